The number of hydrogen-bond acceptors (Lipinski definition) is 3. The summed E-state index contributed by atoms with van der Waals surface area (Å²) in [5.41, 5.74) is 12.5. The van der Waals surface area contributed by atoms with Crippen LogP contribution in [0.3, 0.4) is 0 Å². The molecule has 0 unspecified atom stereocenters. The smallest absolute Gasteiger partial charge is 0.221 e. The molecule has 0 spiro atoms. The highest BCUT2D eigenvalue weighted by Crippen LogP contribution is 2.42. The summed E-state index contributed by atoms with van der Waals surface area (Å²) >= 11 is 0. The fraction of sp³-hybridized carbons (Fsp3) is 0. The number of imidazole rings is 2. The van der Waals surface area contributed by atoms with E-state index in [1.54, 1.807) is 0 Å². The van der Waals surface area contributed by atoms with Gasteiger partial charge >= 0.3 is 0 Å². The van der Waals surface area contributed by atoms with Gasteiger partial charge in [0.1, 0.15) is 11.5 Å². The Bertz CT molecular complexity index is 3480. The van der Waals surface area contributed by atoms with Crippen molar-refractivity contribution in [2.24, 2.45) is 0 Å². The predicted octanol–water partition coefficient (Wildman–Crippen LogP) is 12.0. The molecule has 0 aliphatic rings. The third kappa shape index (κ3) is 4.33. The molecule has 55 heavy (non-hydrogen) atoms. The highest BCUT2D eigenvalue weighted by Gasteiger charge is 2.23. The van der Waals surface area contributed by atoms with Crippen LogP contribution in [0.25, 0.3) is 105 Å². The molecule has 0 saturated heterocycles. The van der Waals surface area contributed by atoms with Crippen molar-refractivity contribution in [3.05, 3.63) is 182 Å². The van der Waals surface area contributed by atoms with Crippen molar-refractivity contribution in [1.82, 2.24) is 28.5 Å². The van der Waals surface area contributed by atoms with Crippen molar-refractivity contribution < 1.29 is 0 Å². The average molecular weight is 703 g/mol. The van der Waals surface area contributed by atoms with E-state index < -0.39 is 0 Å². The number of benzene rings is 8. The first-order chi connectivity index (χ1) is 27.3. The Labute approximate surface area is 314 Å². The van der Waals surface area contributed by atoms with Gasteiger partial charge in [-0.25, -0.2) is 15.0 Å². The molecule has 0 radical (unpaired) electrons. The third-order valence-corrected chi connectivity index (χ3v) is 11.0. The summed E-state index contributed by atoms with van der Waals surface area (Å²) in [6, 6.07) is 64.2. The van der Waals surface area contributed by atoms with Crippen LogP contribution in [-0.4, -0.2) is 28.5 Å². The average Bonchev–Trinajstić information content (AvgIpc) is 3.94. The van der Waals surface area contributed by atoms with E-state index in [0.29, 0.717) is 0 Å². The van der Waals surface area contributed by atoms with Crippen molar-refractivity contribution in [1.29, 1.82) is 0 Å². The Balaban J connectivity index is 1.11. The predicted molar refractivity (Wildman–Crippen MR) is 225 cm³/mol. The zero-order chi connectivity index (χ0) is 36.0. The maximum Gasteiger partial charge on any atom is 0.221 e. The zero-order valence-electron chi connectivity index (χ0n) is 29.5. The minimum absolute atomic E-state index is 0.817. The lowest BCUT2D eigenvalue weighted by Gasteiger charge is -2.15. The van der Waals surface area contributed by atoms with Crippen LogP contribution in [0.1, 0.15) is 0 Å². The van der Waals surface area contributed by atoms with Crippen LogP contribution in [0, 0.1) is 0 Å². The molecule has 0 atom stereocenters. The molecule has 0 bridgehead atoms. The van der Waals surface area contributed by atoms with Gasteiger partial charge in [0, 0.05) is 32.8 Å². The summed E-state index contributed by atoms with van der Waals surface area (Å²) in [7, 11) is 0. The molecule has 6 nitrogen and oxygen atoms in total. The Morgan fingerprint density at radius 3 is 1.73 bits per heavy atom. The Hall–Kier alpha value is -7.57. The molecule has 4 heterocycles. The standard InChI is InChI=1S/C49H30N6/c1-2-14-33(15-3-1)53-44-24-12-9-21-41(44)50-47(53)32-28-26-31(27-29-32)38-30-39-35-17-7-11-23-43(35)54(46(39)36-18-5-4-16-34(36)38)49-52-40-20-8-6-19-37(40)48-51-42-22-10-13-25-45(42)55(48)49/h1-30H. The number of rotatable bonds is 4. The second-order valence-corrected chi connectivity index (χ2v) is 14.1. The maximum atomic E-state index is 5.42. The van der Waals surface area contributed by atoms with Crippen molar-refractivity contribution in [3.63, 3.8) is 0 Å². The molecule has 256 valence electrons. The summed E-state index contributed by atoms with van der Waals surface area (Å²) in [4.78, 5) is 15.7. The van der Waals surface area contributed by atoms with Crippen LogP contribution in [-0.2, 0) is 0 Å². The van der Waals surface area contributed by atoms with Crippen LogP contribution in [0.2, 0.25) is 0 Å². The van der Waals surface area contributed by atoms with E-state index in [9.17, 15) is 0 Å². The van der Waals surface area contributed by atoms with Crippen LogP contribution >= 0.6 is 0 Å². The van der Waals surface area contributed by atoms with Crippen molar-refractivity contribution in [2.45, 2.75) is 0 Å². The molecular weight excluding hydrogens is 673 g/mol. The van der Waals surface area contributed by atoms with Crippen molar-refractivity contribution in [3.8, 4) is 34.2 Å². The minimum atomic E-state index is 0.817. The normalized spacial score (nSPS) is 12.0. The number of aromatic nitrogens is 6. The van der Waals surface area contributed by atoms with E-state index in [-0.39, 0.29) is 0 Å². The zero-order valence-corrected chi connectivity index (χ0v) is 29.5. The summed E-state index contributed by atoms with van der Waals surface area (Å²) in [5.74, 6) is 1.74. The lowest BCUT2D eigenvalue weighted by molar-refractivity contribution is 0.982. The monoisotopic (exact) mass is 702 g/mol. The lowest BCUT2D eigenvalue weighted by atomic mass is 9.94. The molecule has 8 aromatic carbocycles. The number of hydrogen-bond donors (Lipinski definition) is 0. The highest BCUT2D eigenvalue weighted by molar-refractivity contribution is 6.22. The SMILES string of the molecule is c1ccc(-n2c(-c3ccc(-c4cc5c6ccccc6n(-c6nc7ccccc7c7nc8ccccc8n67)c5c5ccccc45)cc3)nc3ccccc32)cc1. The molecule has 0 fully saturated rings. The summed E-state index contributed by atoms with van der Waals surface area (Å²) in [6.07, 6.45) is 0. The van der Waals surface area contributed by atoms with Crippen molar-refractivity contribution >= 4 is 71.2 Å². The molecule has 12 rings (SSSR count). The Kier molecular flexibility index (Phi) is 6.24. The minimum Gasteiger partial charge on any atom is -0.292 e. The van der Waals surface area contributed by atoms with Gasteiger partial charge in [-0.15, -0.1) is 0 Å². The topological polar surface area (TPSA) is 52.9 Å². The van der Waals surface area contributed by atoms with E-state index >= 15 is 0 Å². The first-order valence-electron chi connectivity index (χ1n) is 18.6. The van der Waals surface area contributed by atoms with E-state index in [0.717, 1.165) is 83.6 Å². The summed E-state index contributed by atoms with van der Waals surface area (Å²) < 4.78 is 6.83. The molecule has 12 aromatic rings. The molecular formula is C49H30N6. The molecule has 0 aliphatic carbocycles. The van der Waals surface area contributed by atoms with Gasteiger partial charge < -0.3 is 0 Å². The molecule has 0 amide bonds. The van der Waals surface area contributed by atoms with Gasteiger partial charge in [0.25, 0.3) is 0 Å². The van der Waals surface area contributed by atoms with Gasteiger partial charge in [-0.1, -0.05) is 121 Å². The summed E-state index contributed by atoms with van der Waals surface area (Å²) in [5, 5.41) is 5.71. The number of nitrogens with zero attached hydrogens (tertiary/aromatic N) is 6. The first-order valence-corrected chi connectivity index (χ1v) is 18.6. The molecule has 0 N–H and O–H groups in total. The van der Waals surface area contributed by atoms with E-state index in [1.165, 1.54) is 21.7 Å². The first kappa shape index (κ1) is 29.9. The van der Waals surface area contributed by atoms with Gasteiger partial charge in [-0.05, 0) is 77.2 Å². The van der Waals surface area contributed by atoms with E-state index in [4.69, 9.17) is 15.0 Å². The van der Waals surface area contributed by atoms with E-state index in [1.807, 2.05) is 18.2 Å². The van der Waals surface area contributed by atoms with Gasteiger partial charge in [0.15, 0.2) is 0 Å². The van der Waals surface area contributed by atoms with Crippen LogP contribution in [0.5, 0.6) is 0 Å². The largest absolute Gasteiger partial charge is 0.292 e. The molecule has 6 heteroatoms. The summed E-state index contributed by atoms with van der Waals surface area (Å²) in [6.45, 7) is 0. The second kappa shape index (κ2) is 11.5. The van der Waals surface area contributed by atoms with Crippen molar-refractivity contribution in [2.75, 3.05) is 0 Å². The van der Waals surface area contributed by atoms with Gasteiger partial charge in [0.05, 0.1) is 38.6 Å². The lowest BCUT2D eigenvalue weighted by Crippen LogP contribution is -2.06. The Morgan fingerprint density at radius 1 is 0.364 bits per heavy atom. The Morgan fingerprint density at radius 2 is 0.945 bits per heavy atom. The van der Waals surface area contributed by atoms with Gasteiger partial charge in [0.2, 0.25) is 5.95 Å². The van der Waals surface area contributed by atoms with Crippen LogP contribution < -0.4 is 0 Å². The quantitative estimate of drug-likeness (QED) is 0.183. The van der Waals surface area contributed by atoms with Gasteiger partial charge in [-0.2, -0.15) is 0 Å². The fourth-order valence-electron chi connectivity index (χ4n) is 8.60. The molecule has 0 saturated carbocycles. The molecule has 0 aliphatic heterocycles. The fourth-order valence-corrected chi connectivity index (χ4v) is 8.60. The van der Waals surface area contributed by atoms with Gasteiger partial charge in [-0.3, -0.25) is 13.5 Å². The number of para-hydroxylation sites is 7. The van der Waals surface area contributed by atoms with Crippen LogP contribution in [0.15, 0.2) is 182 Å². The third-order valence-electron chi connectivity index (χ3n) is 11.0. The highest BCUT2D eigenvalue weighted by atomic mass is 15.2. The second-order valence-electron chi connectivity index (χ2n) is 14.1. The number of fused-ring (bicyclic) bond motifs is 11. The molecule has 4 aromatic heterocycles. The van der Waals surface area contributed by atoms with Crippen LogP contribution in [0.4, 0.5) is 0 Å². The van der Waals surface area contributed by atoms with E-state index in [2.05, 4.69) is 177 Å². The maximum absolute atomic E-state index is 5.42.